The van der Waals surface area contributed by atoms with Crippen LogP contribution in [0.1, 0.15) is 18.9 Å². The van der Waals surface area contributed by atoms with E-state index in [1.54, 1.807) is 12.5 Å². The molecular formula is C15H20FN3O. The SMILES string of the molecule is CC(N)Cc1cc(F)cc(OCCCn2ccnc2)c1. The molecule has 2 aromatic rings. The number of nitrogens with two attached hydrogens (primary N) is 1. The minimum absolute atomic E-state index is 0.00545. The summed E-state index contributed by atoms with van der Waals surface area (Å²) >= 11 is 0. The molecular weight excluding hydrogens is 257 g/mol. The Morgan fingerprint density at radius 2 is 2.25 bits per heavy atom. The third-order valence-corrected chi connectivity index (χ3v) is 2.88. The van der Waals surface area contributed by atoms with Crippen molar-refractivity contribution in [3.8, 4) is 5.75 Å². The zero-order valence-electron chi connectivity index (χ0n) is 11.6. The van der Waals surface area contributed by atoms with Gasteiger partial charge < -0.3 is 15.0 Å². The van der Waals surface area contributed by atoms with Crippen LogP contribution in [0.15, 0.2) is 36.9 Å². The second kappa shape index (κ2) is 7.05. The maximum atomic E-state index is 13.5. The zero-order valence-corrected chi connectivity index (χ0v) is 11.6. The van der Waals surface area contributed by atoms with Crippen molar-refractivity contribution in [2.45, 2.75) is 32.4 Å². The summed E-state index contributed by atoms with van der Waals surface area (Å²) in [6.45, 7) is 3.28. The Labute approximate surface area is 118 Å². The molecule has 1 unspecified atom stereocenters. The third-order valence-electron chi connectivity index (χ3n) is 2.88. The summed E-state index contributed by atoms with van der Waals surface area (Å²) in [7, 11) is 0. The third kappa shape index (κ3) is 4.66. The Kier molecular flexibility index (Phi) is 5.12. The summed E-state index contributed by atoms with van der Waals surface area (Å²) in [5.74, 6) is 0.277. The van der Waals surface area contributed by atoms with Crippen LogP contribution in [0.2, 0.25) is 0 Å². The first-order valence-corrected chi connectivity index (χ1v) is 6.77. The van der Waals surface area contributed by atoms with E-state index < -0.39 is 0 Å². The van der Waals surface area contributed by atoms with Crippen LogP contribution in [-0.4, -0.2) is 22.2 Å². The summed E-state index contributed by atoms with van der Waals surface area (Å²) in [6.07, 6.45) is 6.90. The predicted molar refractivity (Wildman–Crippen MR) is 76.1 cm³/mol. The molecule has 2 rings (SSSR count). The van der Waals surface area contributed by atoms with Gasteiger partial charge in [-0.3, -0.25) is 0 Å². The zero-order chi connectivity index (χ0) is 14.4. The molecule has 0 saturated heterocycles. The van der Waals surface area contributed by atoms with Gasteiger partial charge in [-0.25, -0.2) is 9.37 Å². The predicted octanol–water partition coefficient (Wildman–Crippen LogP) is 2.38. The van der Waals surface area contributed by atoms with Gasteiger partial charge in [0.1, 0.15) is 11.6 Å². The van der Waals surface area contributed by atoms with Crippen molar-refractivity contribution in [1.82, 2.24) is 9.55 Å². The molecule has 0 amide bonds. The molecule has 0 spiro atoms. The highest BCUT2D eigenvalue weighted by molar-refractivity contribution is 5.30. The van der Waals surface area contributed by atoms with Crippen LogP contribution in [-0.2, 0) is 13.0 Å². The number of halogens is 1. The van der Waals surface area contributed by atoms with E-state index in [2.05, 4.69) is 4.98 Å². The number of imidazole rings is 1. The maximum absolute atomic E-state index is 13.5. The number of ether oxygens (including phenoxy) is 1. The van der Waals surface area contributed by atoms with Crippen molar-refractivity contribution in [2.75, 3.05) is 6.61 Å². The van der Waals surface area contributed by atoms with E-state index in [4.69, 9.17) is 10.5 Å². The Morgan fingerprint density at radius 3 is 2.95 bits per heavy atom. The number of hydrogen-bond donors (Lipinski definition) is 1. The molecule has 0 saturated carbocycles. The first kappa shape index (κ1) is 14.5. The van der Waals surface area contributed by atoms with E-state index in [9.17, 15) is 4.39 Å². The van der Waals surface area contributed by atoms with Crippen molar-refractivity contribution in [3.05, 3.63) is 48.3 Å². The second-order valence-electron chi connectivity index (χ2n) is 4.98. The highest BCUT2D eigenvalue weighted by atomic mass is 19.1. The molecule has 5 heteroatoms. The van der Waals surface area contributed by atoms with Gasteiger partial charge in [0, 0.05) is 31.0 Å². The van der Waals surface area contributed by atoms with Crippen molar-refractivity contribution in [2.24, 2.45) is 5.73 Å². The Morgan fingerprint density at radius 1 is 1.40 bits per heavy atom. The summed E-state index contributed by atoms with van der Waals surface area (Å²) in [5, 5.41) is 0. The smallest absolute Gasteiger partial charge is 0.127 e. The van der Waals surface area contributed by atoms with E-state index in [1.165, 1.54) is 12.1 Å². The topological polar surface area (TPSA) is 53.1 Å². The van der Waals surface area contributed by atoms with Crippen molar-refractivity contribution in [1.29, 1.82) is 0 Å². The van der Waals surface area contributed by atoms with Crippen molar-refractivity contribution in [3.63, 3.8) is 0 Å². The molecule has 0 bridgehead atoms. The molecule has 1 aromatic carbocycles. The Bertz CT molecular complexity index is 526. The lowest BCUT2D eigenvalue weighted by molar-refractivity contribution is 0.300. The lowest BCUT2D eigenvalue weighted by Crippen LogP contribution is -2.17. The van der Waals surface area contributed by atoms with Gasteiger partial charge >= 0.3 is 0 Å². The van der Waals surface area contributed by atoms with Crippen LogP contribution >= 0.6 is 0 Å². The first-order valence-electron chi connectivity index (χ1n) is 6.77. The molecule has 1 aromatic heterocycles. The van der Waals surface area contributed by atoms with E-state index in [1.807, 2.05) is 23.8 Å². The van der Waals surface area contributed by atoms with Gasteiger partial charge in [-0.2, -0.15) is 0 Å². The van der Waals surface area contributed by atoms with E-state index >= 15 is 0 Å². The van der Waals surface area contributed by atoms with Crippen LogP contribution in [0.3, 0.4) is 0 Å². The molecule has 1 atom stereocenters. The number of aryl methyl sites for hydroxylation is 1. The highest BCUT2D eigenvalue weighted by Crippen LogP contribution is 2.17. The standard InChI is InChI=1S/C15H20FN3O/c1-12(17)7-13-8-14(16)10-15(9-13)20-6-2-4-19-5-3-18-11-19/h3,5,8-12H,2,4,6-7,17H2,1H3. The number of benzene rings is 1. The molecule has 108 valence electrons. The lowest BCUT2D eigenvalue weighted by atomic mass is 10.1. The summed E-state index contributed by atoms with van der Waals surface area (Å²) in [5.41, 5.74) is 6.59. The fourth-order valence-electron chi connectivity index (χ4n) is 2.05. The van der Waals surface area contributed by atoms with E-state index in [-0.39, 0.29) is 11.9 Å². The number of nitrogens with zero attached hydrogens (tertiary/aromatic N) is 2. The first-order chi connectivity index (χ1) is 9.63. The minimum atomic E-state index is -0.284. The Hall–Kier alpha value is -1.88. The normalized spacial score (nSPS) is 12.3. The van der Waals surface area contributed by atoms with Gasteiger partial charge in [-0.15, -0.1) is 0 Å². The number of aromatic nitrogens is 2. The fraction of sp³-hybridized carbons (Fsp3) is 0.400. The van der Waals surface area contributed by atoms with Gasteiger partial charge in [0.25, 0.3) is 0 Å². The maximum Gasteiger partial charge on any atom is 0.127 e. The molecule has 1 heterocycles. The van der Waals surface area contributed by atoms with Gasteiger partial charge in [-0.1, -0.05) is 0 Å². The van der Waals surface area contributed by atoms with Crippen LogP contribution in [0.4, 0.5) is 4.39 Å². The molecule has 0 aliphatic heterocycles. The number of hydrogen-bond acceptors (Lipinski definition) is 3. The van der Waals surface area contributed by atoms with Crippen LogP contribution in [0.5, 0.6) is 5.75 Å². The summed E-state index contributed by atoms with van der Waals surface area (Å²) in [6, 6.07) is 4.76. The van der Waals surface area contributed by atoms with Gasteiger partial charge in [0.05, 0.1) is 12.9 Å². The molecule has 0 radical (unpaired) electrons. The van der Waals surface area contributed by atoms with Crippen LogP contribution in [0, 0.1) is 5.82 Å². The van der Waals surface area contributed by atoms with Gasteiger partial charge in [0.15, 0.2) is 0 Å². The minimum Gasteiger partial charge on any atom is -0.493 e. The number of rotatable bonds is 7. The van der Waals surface area contributed by atoms with Gasteiger partial charge in [0.2, 0.25) is 0 Å². The molecule has 0 fully saturated rings. The molecule has 0 aliphatic rings. The summed E-state index contributed by atoms with van der Waals surface area (Å²) in [4.78, 5) is 3.97. The molecule has 0 aliphatic carbocycles. The van der Waals surface area contributed by atoms with Gasteiger partial charge in [-0.05, 0) is 37.5 Å². The molecule has 20 heavy (non-hydrogen) atoms. The second-order valence-corrected chi connectivity index (χ2v) is 4.98. The average molecular weight is 277 g/mol. The molecule has 2 N–H and O–H groups in total. The van der Waals surface area contributed by atoms with E-state index in [0.717, 1.165) is 18.5 Å². The fourth-order valence-corrected chi connectivity index (χ4v) is 2.05. The van der Waals surface area contributed by atoms with Crippen LogP contribution < -0.4 is 10.5 Å². The largest absolute Gasteiger partial charge is 0.493 e. The Balaban J connectivity index is 1.84. The molecule has 4 nitrogen and oxygen atoms in total. The van der Waals surface area contributed by atoms with Crippen molar-refractivity contribution < 1.29 is 9.13 Å². The van der Waals surface area contributed by atoms with Crippen molar-refractivity contribution >= 4 is 0 Å². The van der Waals surface area contributed by atoms with Crippen LogP contribution in [0.25, 0.3) is 0 Å². The van der Waals surface area contributed by atoms with E-state index in [0.29, 0.717) is 18.8 Å². The lowest BCUT2D eigenvalue weighted by Gasteiger charge is -2.10. The highest BCUT2D eigenvalue weighted by Gasteiger charge is 2.04. The summed E-state index contributed by atoms with van der Waals surface area (Å²) < 4.78 is 21.1. The average Bonchev–Trinajstić information content (AvgIpc) is 2.86. The monoisotopic (exact) mass is 277 g/mol. The quantitative estimate of drug-likeness (QED) is 0.791.